The third-order valence-electron chi connectivity index (χ3n) is 3.31. The van der Waals surface area contributed by atoms with E-state index in [2.05, 4.69) is 20.6 Å². The second-order valence-electron chi connectivity index (χ2n) is 5.09. The van der Waals surface area contributed by atoms with Gasteiger partial charge in [0.15, 0.2) is 0 Å². The van der Waals surface area contributed by atoms with Crippen LogP contribution in [0.25, 0.3) is 0 Å². The van der Waals surface area contributed by atoms with E-state index >= 15 is 0 Å². The Balaban J connectivity index is 1.36. The van der Waals surface area contributed by atoms with E-state index in [0.29, 0.717) is 12.5 Å². The number of amides is 1. The normalized spacial score (nSPS) is 13.9. The second kappa shape index (κ2) is 6.67. The molecule has 1 aliphatic rings. The summed E-state index contributed by atoms with van der Waals surface area (Å²) < 4.78 is 0. The number of hydrogen-bond donors (Lipinski definition) is 2. The summed E-state index contributed by atoms with van der Waals surface area (Å²) in [6.45, 7) is 1.44. The fourth-order valence-electron chi connectivity index (χ4n) is 2.01. The monoisotopic (exact) mass is 302 g/mol. The van der Waals surface area contributed by atoms with Crippen LogP contribution in [0.5, 0.6) is 0 Å². The van der Waals surface area contributed by atoms with Crippen LogP contribution >= 0.6 is 11.3 Å². The minimum absolute atomic E-state index is 0.00283. The van der Waals surface area contributed by atoms with Crippen molar-refractivity contribution in [3.8, 4) is 0 Å². The molecule has 0 atom stereocenters. The summed E-state index contributed by atoms with van der Waals surface area (Å²) in [5, 5.41) is 8.09. The lowest BCUT2D eigenvalue weighted by atomic mass is 10.3. The summed E-state index contributed by atoms with van der Waals surface area (Å²) >= 11 is 1.46. The first-order valence-corrected chi connectivity index (χ1v) is 8.09. The molecule has 2 aromatic rings. The molecule has 0 aliphatic heterocycles. The topological polar surface area (TPSA) is 66.9 Å². The zero-order valence-corrected chi connectivity index (χ0v) is 12.5. The van der Waals surface area contributed by atoms with Gasteiger partial charge in [0.2, 0.25) is 0 Å². The highest BCUT2D eigenvalue weighted by Gasteiger charge is 2.26. The molecule has 0 radical (unpaired) electrons. The summed E-state index contributed by atoms with van der Waals surface area (Å²) in [6, 6.07) is 5.60. The molecule has 1 aliphatic carbocycles. The number of anilines is 1. The number of aromatic nitrogens is 2. The number of nitrogens with zero attached hydrogens (tertiary/aromatic N) is 2. The van der Waals surface area contributed by atoms with Gasteiger partial charge in [0.05, 0.1) is 4.88 Å². The second-order valence-corrected chi connectivity index (χ2v) is 6.04. The van der Waals surface area contributed by atoms with Gasteiger partial charge in [-0.1, -0.05) is 6.07 Å². The highest BCUT2D eigenvalue weighted by molar-refractivity contribution is 7.12. The Morgan fingerprint density at radius 2 is 2.24 bits per heavy atom. The van der Waals surface area contributed by atoms with Crippen LogP contribution in [0.2, 0.25) is 0 Å². The Morgan fingerprint density at radius 1 is 1.33 bits per heavy atom. The number of thiophene rings is 1. The third kappa shape index (κ3) is 4.01. The van der Waals surface area contributed by atoms with Crippen LogP contribution in [0.1, 0.15) is 40.7 Å². The lowest BCUT2D eigenvalue weighted by Gasteiger charge is -2.07. The molecule has 0 aromatic carbocycles. The maximum Gasteiger partial charge on any atom is 0.261 e. The summed E-state index contributed by atoms with van der Waals surface area (Å²) in [4.78, 5) is 21.3. The first-order chi connectivity index (χ1) is 10.3. The SMILES string of the molecule is O=C(NCCCNc1ccnc(C2CC2)n1)c1cccs1. The van der Waals surface area contributed by atoms with E-state index in [-0.39, 0.29) is 5.91 Å². The molecule has 1 saturated carbocycles. The van der Waals surface area contributed by atoms with Gasteiger partial charge in [0, 0.05) is 25.2 Å². The third-order valence-corrected chi connectivity index (χ3v) is 4.18. The Morgan fingerprint density at radius 3 is 3.00 bits per heavy atom. The largest absolute Gasteiger partial charge is 0.370 e. The van der Waals surface area contributed by atoms with Crippen molar-refractivity contribution < 1.29 is 4.79 Å². The Labute approximate surface area is 127 Å². The van der Waals surface area contributed by atoms with E-state index in [4.69, 9.17) is 0 Å². The molecule has 110 valence electrons. The first-order valence-electron chi connectivity index (χ1n) is 7.21. The van der Waals surface area contributed by atoms with Crippen LogP contribution in [0.3, 0.4) is 0 Å². The summed E-state index contributed by atoms with van der Waals surface area (Å²) in [6.07, 6.45) is 5.08. The molecule has 6 heteroatoms. The molecule has 2 heterocycles. The van der Waals surface area contributed by atoms with Crippen molar-refractivity contribution in [1.82, 2.24) is 15.3 Å². The number of carbonyl (C=O) groups is 1. The van der Waals surface area contributed by atoms with Crippen molar-refractivity contribution in [1.29, 1.82) is 0 Å². The molecule has 1 amide bonds. The van der Waals surface area contributed by atoms with Gasteiger partial charge in [-0.3, -0.25) is 4.79 Å². The van der Waals surface area contributed by atoms with E-state index < -0.39 is 0 Å². The van der Waals surface area contributed by atoms with Gasteiger partial charge < -0.3 is 10.6 Å². The van der Waals surface area contributed by atoms with Crippen LogP contribution in [-0.2, 0) is 0 Å². The van der Waals surface area contributed by atoms with Gasteiger partial charge in [0.1, 0.15) is 11.6 Å². The van der Waals surface area contributed by atoms with Gasteiger partial charge in [-0.05, 0) is 36.8 Å². The molecule has 3 rings (SSSR count). The maximum atomic E-state index is 11.7. The van der Waals surface area contributed by atoms with E-state index in [9.17, 15) is 4.79 Å². The molecule has 0 bridgehead atoms. The Bertz CT molecular complexity index is 595. The quantitative estimate of drug-likeness (QED) is 0.772. The van der Waals surface area contributed by atoms with Crippen LogP contribution in [-0.4, -0.2) is 29.0 Å². The van der Waals surface area contributed by atoms with Gasteiger partial charge in [-0.2, -0.15) is 0 Å². The fraction of sp³-hybridized carbons (Fsp3) is 0.400. The van der Waals surface area contributed by atoms with E-state index in [0.717, 1.165) is 29.5 Å². The lowest BCUT2D eigenvalue weighted by molar-refractivity contribution is 0.0957. The van der Waals surface area contributed by atoms with E-state index in [1.807, 2.05) is 29.8 Å². The van der Waals surface area contributed by atoms with Crippen molar-refractivity contribution in [2.24, 2.45) is 0 Å². The highest BCUT2D eigenvalue weighted by atomic mass is 32.1. The zero-order chi connectivity index (χ0) is 14.5. The summed E-state index contributed by atoms with van der Waals surface area (Å²) in [7, 11) is 0. The number of carbonyl (C=O) groups excluding carboxylic acids is 1. The number of nitrogens with one attached hydrogen (secondary N) is 2. The number of hydrogen-bond acceptors (Lipinski definition) is 5. The maximum absolute atomic E-state index is 11.7. The fourth-order valence-corrected chi connectivity index (χ4v) is 2.65. The van der Waals surface area contributed by atoms with Crippen LogP contribution in [0.4, 0.5) is 5.82 Å². The molecule has 5 nitrogen and oxygen atoms in total. The van der Waals surface area contributed by atoms with Crippen molar-refractivity contribution in [2.75, 3.05) is 18.4 Å². The van der Waals surface area contributed by atoms with Crippen molar-refractivity contribution >= 4 is 23.1 Å². The smallest absolute Gasteiger partial charge is 0.261 e. The first kappa shape index (κ1) is 14.0. The molecular formula is C15H18N4OS. The molecular weight excluding hydrogens is 284 g/mol. The van der Waals surface area contributed by atoms with E-state index in [1.54, 1.807) is 0 Å². The molecule has 2 aromatic heterocycles. The van der Waals surface area contributed by atoms with Crippen LogP contribution in [0, 0.1) is 0 Å². The average Bonchev–Trinajstić information content (AvgIpc) is 3.21. The molecule has 0 unspecified atom stereocenters. The molecule has 0 spiro atoms. The van der Waals surface area contributed by atoms with Gasteiger partial charge in [-0.15, -0.1) is 11.3 Å². The van der Waals surface area contributed by atoms with Crippen molar-refractivity contribution in [3.63, 3.8) is 0 Å². The average molecular weight is 302 g/mol. The Kier molecular flexibility index (Phi) is 4.45. The predicted octanol–water partition coefficient (Wildman–Crippen LogP) is 2.65. The molecule has 21 heavy (non-hydrogen) atoms. The minimum Gasteiger partial charge on any atom is -0.370 e. The minimum atomic E-state index is 0.00283. The lowest BCUT2D eigenvalue weighted by Crippen LogP contribution is -2.25. The van der Waals surface area contributed by atoms with Crippen LogP contribution in [0.15, 0.2) is 29.8 Å². The van der Waals surface area contributed by atoms with Gasteiger partial charge in [0.25, 0.3) is 5.91 Å². The van der Waals surface area contributed by atoms with Crippen molar-refractivity contribution in [3.05, 3.63) is 40.5 Å². The molecule has 2 N–H and O–H groups in total. The summed E-state index contributed by atoms with van der Waals surface area (Å²) in [5.41, 5.74) is 0. The highest BCUT2D eigenvalue weighted by Crippen LogP contribution is 2.37. The molecule has 0 saturated heterocycles. The van der Waals surface area contributed by atoms with Gasteiger partial charge >= 0.3 is 0 Å². The standard InChI is InChI=1S/C15H18N4OS/c20-15(12-3-1-10-21-12)18-8-2-7-16-13-6-9-17-14(19-13)11-4-5-11/h1,3,6,9-11H,2,4-5,7-8H2,(H,18,20)(H,16,17,19). The van der Waals surface area contributed by atoms with E-state index in [1.165, 1.54) is 24.2 Å². The summed E-state index contributed by atoms with van der Waals surface area (Å²) in [5.74, 6) is 2.39. The Hall–Kier alpha value is -1.95. The van der Waals surface area contributed by atoms with Gasteiger partial charge in [-0.25, -0.2) is 9.97 Å². The number of rotatable bonds is 7. The van der Waals surface area contributed by atoms with Crippen LogP contribution < -0.4 is 10.6 Å². The van der Waals surface area contributed by atoms with Crippen molar-refractivity contribution in [2.45, 2.75) is 25.2 Å². The zero-order valence-electron chi connectivity index (χ0n) is 11.7. The molecule has 1 fully saturated rings. The predicted molar refractivity (Wildman–Crippen MR) is 83.8 cm³/mol.